The zero-order valence-electron chi connectivity index (χ0n) is 18.9. The van der Waals surface area contributed by atoms with E-state index in [1.807, 2.05) is 60.4 Å². The lowest BCUT2D eigenvalue weighted by molar-refractivity contribution is -0.137. The van der Waals surface area contributed by atoms with Crippen molar-refractivity contribution in [3.8, 4) is 5.75 Å². The number of carboxylic acid groups (broad SMARTS) is 1. The largest absolute Gasteiger partial charge is 0.488 e. The molecular formula is C26H34N2O4. The minimum Gasteiger partial charge on any atom is -0.488 e. The Morgan fingerprint density at radius 3 is 2.62 bits per heavy atom. The van der Waals surface area contributed by atoms with Crippen molar-refractivity contribution in [1.82, 2.24) is 10.2 Å². The second-order valence-corrected chi connectivity index (χ2v) is 8.21. The second-order valence-electron chi connectivity index (χ2n) is 8.21. The first-order valence-electron chi connectivity index (χ1n) is 11.6. The van der Waals surface area contributed by atoms with Crippen LogP contribution >= 0.6 is 0 Å². The van der Waals surface area contributed by atoms with Crippen molar-refractivity contribution in [3.05, 3.63) is 54.1 Å². The number of carbonyl (C=O) groups excluding carboxylic acids is 1. The lowest BCUT2D eigenvalue weighted by Gasteiger charge is -2.34. The van der Waals surface area contributed by atoms with Crippen LogP contribution in [0.1, 0.15) is 45.4 Å². The molecule has 0 saturated carbocycles. The van der Waals surface area contributed by atoms with Gasteiger partial charge in [0.15, 0.2) is 0 Å². The topological polar surface area (TPSA) is 78.9 Å². The van der Waals surface area contributed by atoms with E-state index in [4.69, 9.17) is 9.84 Å². The Morgan fingerprint density at radius 1 is 1.12 bits per heavy atom. The molecule has 1 aliphatic heterocycles. The summed E-state index contributed by atoms with van der Waals surface area (Å²) in [7, 11) is 0. The van der Waals surface area contributed by atoms with Crippen LogP contribution in [0.3, 0.4) is 0 Å². The number of piperidine rings is 1. The van der Waals surface area contributed by atoms with E-state index in [-0.39, 0.29) is 25.0 Å². The van der Waals surface area contributed by atoms with E-state index in [0.29, 0.717) is 25.0 Å². The van der Waals surface area contributed by atoms with Gasteiger partial charge in [-0.1, -0.05) is 42.5 Å². The summed E-state index contributed by atoms with van der Waals surface area (Å²) in [5, 5.41) is 14.3. The average Bonchev–Trinajstić information content (AvgIpc) is 2.81. The molecule has 0 spiro atoms. The number of unbranched alkanes of at least 4 members (excludes halogenated alkanes) is 2. The number of aliphatic carboxylic acids is 1. The molecular weight excluding hydrogens is 404 g/mol. The van der Waals surface area contributed by atoms with Gasteiger partial charge in [0, 0.05) is 24.4 Å². The summed E-state index contributed by atoms with van der Waals surface area (Å²) in [4.78, 5) is 26.2. The molecule has 1 heterocycles. The van der Waals surface area contributed by atoms with Crippen LogP contribution in [0.15, 0.2) is 54.1 Å². The number of ether oxygens (including phenoxy) is 1. The van der Waals surface area contributed by atoms with Crippen molar-refractivity contribution in [1.29, 1.82) is 0 Å². The number of nitrogens with zero attached hydrogens (tertiary/aromatic N) is 1. The number of rotatable bonds is 11. The van der Waals surface area contributed by atoms with Gasteiger partial charge in [-0.15, -0.1) is 0 Å². The number of hydrogen-bond donors (Lipinski definition) is 2. The normalized spacial score (nSPS) is 15.0. The first-order chi connectivity index (χ1) is 15.6. The van der Waals surface area contributed by atoms with Crippen LogP contribution in [0.4, 0.5) is 0 Å². The monoisotopic (exact) mass is 438 g/mol. The Morgan fingerprint density at radius 2 is 1.88 bits per heavy atom. The van der Waals surface area contributed by atoms with Crippen molar-refractivity contribution in [2.24, 2.45) is 0 Å². The molecule has 2 N–H and O–H groups in total. The summed E-state index contributed by atoms with van der Waals surface area (Å²) in [6.07, 6.45) is 6.00. The summed E-state index contributed by atoms with van der Waals surface area (Å²) >= 11 is 0. The highest BCUT2D eigenvalue weighted by Gasteiger charge is 2.26. The van der Waals surface area contributed by atoms with Crippen molar-refractivity contribution in [3.63, 3.8) is 0 Å². The third kappa shape index (κ3) is 6.57. The molecule has 3 rings (SSSR count). The molecule has 6 heteroatoms. The number of fused-ring (bicyclic) bond motifs is 1. The highest BCUT2D eigenvalue weighted by atomic mass is 16.5. The first-order valence-corrected chi connectivity index (χ1v) is 11.6. The molecule has 0 atom stereocenters. The van der Waals surface area contributed by atoms with Crippen molar-refractivity contribution in [2.45, 2.75) is 51.5 Å². The molecule has 0 unspecified atom stereocenters. The molecule has 1 aliphatic rings. The average molecular weight is 439 g/mol. The van der Waals surface area contributed by atoms with E-state index in [1.54, 1.807) is 0 Å². The number of benzene rings is 2. The molecule has 0 radical (unpaired) electrons. The number of likely N-dealkylation sites (N-methyl/N-ethyl adjacent to an activating group) is 1. The maximum Gasteiger partial charge on any atom is 0.303 e. The van der Waals surface area contributed by atoms with Gasteiger partial charge in [-0.25, -0.2) is 0 Å². The van der Waals surface area contributed by atoms with Crippen LogP contribution in [0, 0.1) is 0 Å². The van der Waals surface area contributed by atoms with E-state index in [2.05, 4.69) is 5.32 Å². The summed E-state index contributed by atoms with van der Waals surface area (Å²) < 4.78 is 6.16. The van der Waals surface area contributed by atoms with Gasteiger partial charge < -0.3 is 20.1 Å². The lowest BCUT2D eigenvalue weighted by Crippen LogP contribution is -2.47. The summed E-state index contributed by atoms with van der Waals surface area (Å²) in [6.45, 7) is 4.74. The van der Waals surface area contributed by atoms with Gasteiger partial charge in [-0.05, 0) is 63.6 Å². The second kappa shape index (κ2) is 12.2. The number of allylic oxidation sites excluding steroid dienone is 1. The van der Waals surface area contributed by atoms with Crippen molar-refractivity contribution < 1.29 is 19.4 Å². The Hall–Kier alpha value is -2.86. The van der Waals surface area contributed by atoms with Gasteiger partial charge >= 0.3 is 5.97 Å². The molecule has 2 aromatic carbocycles. The number of nitrogens with one attached hydrogen (secondary N) is 1. The fourth-order valence-corrected chi connectivity index (χ4v) is 4.25. The molecule has 0 aromatic heterocycles. The Labute approximate surface area is 190 Å². The minimum absolute atomic E-state index is 0.0258. The van der Waals surface area contributed by atoms with Crippen LogP contribution in [0.5, 0.6) is 5.75 Å². The van der Waals surface area contributed by atoms with E-state index >= 15 is 0 Å². The highest BCUT2D eigenvalue weighted by molar-refractivity contribution is 5.94. The molecule has 1 amide bonds. The van der Waals surface area contributed by atoms with Crippen LogP contribution in [-0.2, 0) is 9.59 Å². The molecule has 0 aliphatic carbocycles. The van der Waals surface area contributed by atoms with E-state index in [0.717, 1.165) is 48.9 Å². The van der Waals surface area contributed by atoms with Gasteiger partial charge in [0.25, 0.3) is 5.91 Å². The highest BCUT2D eigenvalue weighted by Crippen LogP contribution is 2.26. The Bertz CT molecular complexity index is 929. The predicted molar refractivity (Wildman–Crippen MR) is 127 cm³/mol. The fraction of sp³-hybridized carbons (Fsp3) is 0.462. The van der Waals surface area contributed by atoms with E-state index in [1.165, 1.54) is 0 Å². The van der Waals surface area contributed by atoms with Crippen LogP contribution in [0.25, 0.3) is 10.8 Å². The lowest BCUT2D eigenvalue weighted by atomic mass is 10.0. The van der Waals surface area contributed by atoms with Gasteiger partial charge in [-0.2, -0.15) is 0 Å². The Balaban J connectivity index is 1.74. The molecule has 2 aromatic rings. The zero-order valence-corrected chi connectivity index (χ0v) is 18.9. The van der Waals surface area contributed by atoms with Crippen LogP contribution in [-0.4, -0.2) is 54.2 Å². The SMILES string of the molecule is CCN(C(=O)/C(=C/CCCCC(=O)O)COc1cccc2ccccc12)C1CCNCC1. The number of hydrogen-bond acceptors (Lipinski definition) is 4. The number of carbonyl (C=O) groups is 2. The number of amides is 1. The van der Waals surface area contributed by atoms with Crippen molar-refractivity contribution in [2.75, 3.05) is 26.2 Å². The minimum atomic E-state index is -0.785. The van der Waals surface area contributed by atoms with Gasteiger partial charge in [0.2, 0.25) is 0 Å². The fourth-order valence-electron chi connectivity index (χ4n) is 4.25. The zero-order chi connectivity index (χ0) is 22.8. The standard InChI is InChI=1S/C26H34N2O4/c1-2-28(22-15-17-27-18-16-22)26(31)21(10-4-3-5-14-25(29)30)19-32-24-13-8-11-20-9-6-7-12-23(20)24/h6-13,22,27H,2-5,14-19H2,1H3,(H,29,30)/b21-10+. The maximum atomic E-state index is 13.5. The molecule has 0 bridgehead atoms. The molecule has 1 saturated heterocycles. The van der Waals surface area contributed by atoms with Crippen LogP contribution in [0.2, 0.25) is 0 Å². The maximum absolute atomic E-state index is 13.5. The Kier molecular flexibility index (Phi) is 9.11. The molecule has 6 nitrogen and oxygen atoms in total. The summed E-state index contributed by atoms with van der Waals surface area (Å²) in [6, 6.07) is 14.2. The van der Waals surface area contributed by atoms with E-state index < -0.39 is 5.97 Å². The molecule has 1 fully saturated rings. The summed E-state index contributed by atoms with van der Waals surface area (Å²) in [5.74, 6) is 0.00287. The molecule has 172 valence electrons. The quantitative estimate of drug-likeness (QED) is 0.402. The van der Waals surface area contributed by atoms with Crippen molar-refractivity contribution >= 4 is 22.6 Å². The molecule has 32 heavy (non-hydrogen) atoms. The number of carboxylic acids is 1. The smallest absolute Gasteiger partial charge is 0.303 e. The van der Waals surface area contributed by atoms with E-state index in [9.17, 15) is 9.59 Å². The van der Waals surface area contributed by atoms with Gasteiger partial charge in [-0.3, -0.25) is 9.59 Å². The third-order valence-electron chi connectivity index (χ3n) is 5.99. The van der Waals surface area contributed by atoms with Gasteiger partial charge in [0.05, 0.1) is 5.57 Å². The van der Waals surface area contributed by atoms with Gasteiger partial charge in [0.1, 0.15) is 12.4 Å². The third-order valence-corrected chi connectivity index (χ3v) is 5.99. The first kappa shape index (κ1) is 23.8. The van der Waals surface area contributed by atoms with Crippen LogP contribution < -0.4 is 10.1 Å². The predicted octanol–water partition coefficient (Wildman–Crippen LogP) is 4.39. The summed E-state index contributed by atoms with van der Waals surface area (Å²) in [5.41, 5.74) is 0.647.